The molecule has 1 aromatic rings. The van der Waals surface area contributed by atoms with Gasteiger partial charge in [-0.25, -0.2) is 10.0 Å². The van der Waals surface area contributed by atoms with Crippen molar-refractivity contribution >= 4 is 5.91 Å². The number of alkyl halides is 3. The maximum Gasteiger partial charge on any atom is 0.400 e. The minimum absolute atomic E-state index is 0.123. The third kappa shape index (κ3) is 2.90. The van der Waals surface area contributed by atoms with Crippen LogP contribution in [0, 0.1) is 11.9 Å². The first-order valence-corrected chi connectivity index (χ1v) is 5.95. The number of nitrogens with zero attached hydrogens (tertiary/aromatic N) is 2. The van der Waals surface area contributed by atoms with Crippen molar-refractivity contribution in [3.05, 3.63) is 29.8 Å². The average Bonchev–Trinajstić information content (AvgIpc) is 2.86. The third-order valence-corrected chi connectivity index (χ3v) is 3.12. The molecule has 0 aromatic carbocycles. The van der Waals surface area contributed by atoms with E-state index in [2.05, 4.69) is 4.98 Å². The summed E-state index contributed by atoms with van der Waals surface area (Å²) in [5, 5.41) is 0.715. The van der Waals surface area contributed by atoms with E-state index in [1.165, 1.54) is 12.3 Å². The highest BCUT2D eigenvalue weighted by molar-refractivity contribution is 5.78. The lowest BCUT2D eigenvalue weighted by molar-refractivity contribution is -0.213. The Morgan fingerprint density at radius 3 is 2.75 bits per heavy atom. The summed E-state index contributed by atoms with van der Waals surface area (Å²) in [7, 11) is 0. The zero-order valence-corrected chi connectivity index (χ0v) is 10.5. The van der Waals surface area contributed by atoms with Crippen LogP contribution in [0.3, 0.4) is 0 Å². The SMILES string of the molecule is C[C@H](C(=O)N1OCC[C@H]1c1ccc(F)nc1)C(F)(F)F. The number of hydrogen-bond donors (Lipinski definition) is 0. The number of carbonyl (C=O) groups is 1. The Hall–Kier alpha value is -1.70. The van der Waals surface area contributed by atoms with Crippen molar-refractivity contribution in [1.82, 2.24) is 10.0 Å². The van der Waals surface area contributed by atoms with E-state index in [1.807, 2.05) is 0 Å². The molecule has 20 heavy (non-hydrogen) atoms. The second-order valence-corrected chi connectivity index (χ2v) is 4.48. The van der Waals surface area contributed by atoms with Crippen molar-refractivity contribution in [2.75, 3.05) is 6.61 Å². The third-order valence-electron chi connectivity index (χ3n) is 3.12. The Kier molecular flexibility index (Phi) is 3.94. The molecule has 0 spiro atoms. The zero-order valence-electron chi connectivity index (χ0n) is 10.5. The molecule has 1 amide bonds. The van der Waals surface area contributed by atoms with Crippen molar-refractivity contribution in [2.24, 2.45) is 5.92 Å². The number of rotatable bonds is 2. The van der Waals surface area contributed by atoms with E-state index in [-0.39, 0.29) is 6.61 Å². The largest absolute Gasteiger partial charge is 0.400 e. The first-order valence-electron chi connectivity index (χ1n) is 5.95. The molecule has 1 aliphatic rings. The molecule has 4 nitrogen and oxygen atoms in total. The second kappa shape index (κ2) is 5.35. The number of aromatic nitrogens is 1. The lowest BCUT2D eigenvalue weighted by Crippen LogP contribution is -2.40. The molecule has 0 aliphatic carbocycles. The van der Waals surface area contributed by atoms with Gasteiger partial charge in [0.25, 0.3) is 5.91 Å². The number of hydrogen-bond acceptors (Lipinski definition) is 3. The number of halogens is 4. The van der Waals surface area contributed by atoms with Gasteiger partial charge < -0.3 is 0 Å². The molecule has 2 heterocycles. The summed E-state index contributed by atoms with van der Waals surface area (Å²) in [5.74, 6) is -4.02. The molecular weight excluding hydrogens is 280 g/mol. The van der Waals surface area contributed by atoms with Crippen LogP contribution in [0.15, 0.2) is 18.3 Å². The summed E-state index contributed by atoms with van der Waals surface area (Å²) in [5.41, 5.74) is 0.437. The maximum atomic E-state index is 12.7. The van der Waals surface area contributed by atoms with Gasteiger partial charge in [0.05, 0.1) is 12.6 Å². The molecule has 1 saturated heterocycles. The highest BCUT2D eigenvalue weighted by Crippen LogP contribution is 2.35. The predicted octanol–water partition coefficient (Wildman–Crippen LogP) is 2.62. The molecule has 0 radical (unpaired) electrons. The summed E-state index contributed by atoms with van der Waals surface area (Å²) in [6.07, 6.45) is -3.11. The first kappa shape index (κ1) is 14.7. The van der Waals surface area contributed by atoms with Crippen molar-refractivity contribution in [3.8, 4) is 0 Å². The lowest BCUT2D eigenvalue weighted by atomic mass is 10.0. The summed E-state index contributed by atoms with van der Waals surface area (Å²) in [6, 6.07) is 1.78. The van der Waals surface area contributed by atoms with Crippen molar-refractivity contribution < 1.29 is 27.2 Å². The molecule has 0 bridgehead atoms. The number of pyridine rings is 1. The molecular formula is C12H12F4N2O2. The standard InChI is InChI=1S/C12H12F4N2O2/c1-7(12(14,15)16)11(19)18-9(4-5-20-18)8-2-3-10(13)17-6-8/h2-3,6-7,9H,4-5H2,1H3/t7-,9+/m1/s1. The quantitative estimate of drug-likeness (QED) is 0.621. The van der Waals surface area contributed by atoms with Crippen LogP contribution in [0.25, 0.3) is 0 Å². The normalized spacial score (nSPS) is 21.1. The molecule has 0 saturated carbocycles. The van der Waals surface area contributed by atoms with E-state index in [0.717, 1.165) is 13.0 Å². The van der Waals surface area contributed by atoms with Gasteiger partial charge in [-0.2, -0.15) is 17.6 Å². The predicted molar refractivity (Wildman–Crippen MR) is 59.6 cm³/mol. The van der Waals surface area contributed by atoms with E-state index < -0.39 is 30.0 Å². The topological polar surface area (TPSA) is 42.4 Å². The Morgan fingerprint density at radius 2 is 2.20 bits per heavy atom. The minimum Gasteiger partial charge on any atom is -0.272 e. The van der Waals surface area contributed by atoms with Gasteiger partial charge in [-0.05, 0) is 18.6 Å². The first-order chi connectivity index (χ1) is 9.30. The Bertz CT molecular complexity index is 489. The van der Waals surface area contributed by atoms with Crippen LogP contribution in [-0.4, -0.2) is 28.7 Å². The van der Waals surface area contributed by atoms with E-state index in [9.17, 15) is 22.4 Å². The van der Waals surface area contributed by atoms with Crippen LogP contribution in [-0.2, 0) is 9.63 Å². The van der Waals surface area contributed by atoms with E-state index >= 15 is 0 Å². The Balaban J connectivity index is 2.19. The van der Waals surface area contributed by atoms with Crippen molar-refractivity contribution in [2.45, 2.75) is 25.6 Å². The fourth-order valence-electron chi connectivity index (χ4n) is 1.90. The van der Waals surface area contributed by atoms with Gasteiger partial charge in [-0.3, -0.25) is 9.63 Å². The summed E-state index contributed by atoms with van der Waals surface area (Å²) in [6.45, 7) is 0.905. The molecule has 8 heteroatoms. The zero-order chi connectivity index (χ0) is 14.9. The summed E-state index contributed by atoms with van der Waals surface area (Å²) in [4.78, 5) is 20.2. The van der Waals surface area contributed by atoms with Gasteiger partial charge in [0.1, 0.15) is 5.92 Å². The van der Waals surface area contributed by atoms with Crippen LogP contribution >= 0.6 is 0 Å². The Morgan fingerprint density at radius 1 is 1.50 bits per heavy atom. The van der Waals surface area contributed by atoms with Gasteiger partial charge in [0, 0.05) is 12.6 Å². The monoisotopic (exact) mass is 292 g/mol. The van der Waals surface area contributed by atoms with Crippen LogP contribution in [0.5, 0.6) is 0 Å². The summed E-state index contributed by atoms with van der Waals surface area (Å²) < 4.78 is 50.5. The number of carbonyl (C=O) groups excluding carboxylic acids is 1. The molecule has 1 aliphatic heterocycles. The molecule has 0 N–H and O–H groups in total. The molecule has 1 aromatic heterocycles. The molecule has 2 rings (SSSR count). The van der Waals surface area contributed by atoms with Crippen LogP contribution in [0.4, 0.5) is 17.6 Å². The van der Waals surface area contributed by atoms with Gasteiger partial charge in [-0.15, -0.1) is 0 Å². The molecule has 1 fully saturated rings. The highest BCUT2D eigenvalue weighted by Gasteiger charge is 2.46. The van der Waals surface area contributed by atoms with E-state index in [0.29, 0.717) is 17.0 Å². The average molecular weight is 292 g/mol. The molecule has 110 valence electrons. The van der Waals surface area contributed by atoms with Crippen LogP contribution < -0.4 is 0 Å². The number of amides is 1. The number of hydroxylamine groups is 2. The van der Waals surface area contributed by atoms with Gasteiger partial charge in [-0.1, -0.05) is 6.07 Å². The molecule has 2 atom stereocenters. The second-order valence-electron chi connectivity index (χ2n) is 4.48. The fraction of sp³-hybridized carbons (Fsp3) is 0.500. The van der Waals surface area contributed by atoms with Crippen LogP contribution in [0.1, 0.15) is 24.9 Å². The minimum atomic E-state index is -4.63. The Labute approximate surface area is 112 Å². The van der Waals surface area contributed by atoms with Crippen molar-refractivity contribution in [3.63, 3.8) is 0 Å². The van der Waals surface area contributed by atoms with Gasteiger partial charge in [0.15, 0.2) is 0 Å². The smallest absolute Gasteiger partial charge is 0.272 e. The summed E-state index contributed by atoms with van der Waals surface area (Å²) >= 11 is 0. The van der Waals surface area contributed by atoms with Crippen LogP contribution in [0.2, 0.25) is 0 Å². The van der Waals surface area contributed by atoms with E-state index in [4.69, 9.17) is 4.84 Å². The fourth-order valence-corrected chi connectivity index (χ4v) is 1.90. The van der Waals surface area contributed by atoms with Crippen molar-refractivity contribution in [1.29, 1.82) is 0 Å². The highest BCUT2D eigenvalue weighted by atomic mass is 19.4. The van der Waals surface area contributed by atoms with Gasteiger partial charge in [0.2, 0.25) is 5.95 Å². The maximum absolute atomic E-state index is 12.7. The molecule has 0 unspecified atom stereocenters. The lowest BCUT2D eigenvalue weighted by Gasteiger charge is -2.26. The van der Waals surface area contributed by atoms with E-state index in [1.54, 1.807) is 0 Å². The van der Waals surface area contributed by atoms with Gasteiger partial charge >= 0.3 is 6.18 Å².